The van der Waals surface area contributed by atoms with Crippen molar-refractivity contribution in [2.45, 2.75) is 105 Å². The lowest BCUT2D eigenvalue weighted by Crippen LogP contribution is -2.66. The van der Waals surface area contributed by atoms with Gasteiger partial charge in [-0.3, -0.25) is 4.79 Å². The number of phenolic OH excluding ortho intramolecular Hbond substituents is 1. The average molecular weight is 621 g/mol. The van der Waals surface area contributed by atoms with E-state index in [2.05, 4.69) is 47.6 Å². The van der Waals surface area contributed by atoms with E-state index in [1.807, 2.05) is 6.08 Å². The summed E-state index contributed by atoms with van der Waals surface area (Å²) in [5.41, 5.74) is 1.49. The molecule has 0 saturated heterocycles. The van der Waals surface area contributed by atoms with Crippen molar-refractivity contribution < 1.29 is 29.6 Å². The minimum absolute atomic E-state index is 0.0180. The van der Waals surface area contributed by atoms with Gasteiger partial charge in [0.2, 0.25) is 0 Å². The number of carbonyl (C=O) groups is 1. The first-order valence-electron chi connectivity index (χ1n) is 17.5. The molecule has 4 saturated carbocycles. The van der Waals surface area contributed by atoms with Crippen molar-refractivity contribution in [2.75, 3.05) is 13.2 Å². The van der Waals surface area contributed by atoms with E-state index in [4.69, 9.17) is 9.47 Å². The van der Waals surface area contributed by atoms with E-state index in [0.29, 0.717) is 30.8 Å². The highest BCUT2D eigenvalue weighted by Gasteiger charge is 2.69. The van der Waals surface area contributed by atoms with Gasteiger partial charge in [0.1, 0.15) is 11.5 Å². The Morgan fingerprint density at radius 1 is 0.956 bits per heavy atom. The van der Waals surface area contributed by atoms with Gasteiger partial charge in [-0.1, -0.05) is 53.2 Å². The number of aromatic hydroxyl groups is 1. The number of aliphatic hydroxyl groups excluding tert-OH is 1. The number of phenols is 1. The number of aliphatic hydroxyl groups is 1. The van der Waals surface area contributed by atoms with Gasteiger partial charge >= 0.3 is 5.97 Å². The van der Waals surface area contributed by atoms with Gasteiger partial charge < -0.3 is 24.8 Å². The minimum Gasteiger partial charge on any atom is -0.508 e. The lowest BCUT2D eigenvalue weighted by atomic mass is 9.33. The second-order valence-corrected chi connectivity index (χ2v) is 16.9. The fourth-order valence-corrected chi connectivity index (χ4v) is 12.1. The zero-order chi connectivity index (χ0) is 32.4. The predicted octanol–water partition coefficient (Wildman–Crippen LogP) is 8.38. The van der Waals surface area contributed by atoms with Crippen LogP contribution >= 0.6 is 0 Å². The van der Waals surface area contributed by atoms with Crippen molar-refractivity contribution in [3.8, 4) is 11.5 Å². The van der Waals surface area contributed by atoms with Gasteiger partial charge in [0, 0.05) is 5.41 Å². The SMILES string of the molecule is CC1C(C(=O)O)CCC2(C)CCC3(COCC=COc4ccc(O)cc4)C(=CCC4C5(C)CCC(O)C(C)(C)C5CCC43C)C12. The van der Waals surface area contributed by atoms with Crippen LogP contribution in [-0.4, -0.2) is 40.6 Å². The molecule has 5 aliphatic carbocycles. The van der Waals surface area contributed by atoms with Gasteiger partial charge in [0.05, 0.1) is 31.5 Å². The molecule has 1 aromatic rings. The van der Waals surface area contributed by atoms with E-state index in [1.54, 1.807) is 30.5 Å². The molecule has 0 bridgehead atoms. The third kappa shape index (κ3) is 4.99. The summed E-state index contributed by atoms with van der Waals surface area (Å²) in [4.78, 5) is 12.5. The van der Waals surface area contributed by atoms with Gasteiger partial charge in [-0.25, -0.2) is 0 Å². The Kier molecular flexibility index (Phi) is 8.29. The highest BCUT2D eigenvalue weighted by atomic mass is 16.5. The zero-order valence-electron chi connectivity index (χ0n) is 28.4. The summed E-state index contributed by atoms with van der Waals surface area (Å²) in [6, 6.07) is 6.68. The first-order valence-corrected chi connectivity index (χ1v) is 17.5. The number of fused-ring (bicyclic) bond motifs is 7. The smallest absolute Gasteiger partial charge is 0.306 e. The third-order valence-corrected chi connectivity index (χ3v) is 14.7. The molecule has 6 rings (SSSR count). The van der Waals surface area contributed by atoms with Crippen molar-refractivity contribution in [1.29, 1.82) is 0 Å². The van der Waals surface area contributed by atoms with E-state index >= 15 is 0 Å². The average Bonchev–Trinajstić information content (AvgIpc) is 2.98. The van der Waals surface area contributed by atoms with E-state index < -0.39 is 5.97 Å². The summed E-state index contributed by atoms with van der Waals surface area (Å²) in [5, 5.41) is 30.9. The Bertz CT molecular complexity index is 1330. The van der Waals surface area contributed by atoms with Crippen LogP contribution in [0.2, 0.25) is 0 Å². The summed E-state index contributed by atoms with van der Waals surface area (Å²) in [7, 11) is 0. The van der Waals surface area contributed by atoms with Gasteiger partial charge in [-0.15, -0.1) is 0 Å². The summed E-state index contributed by atoms with van der Waals surface area (Å²) < 4.78 is 12.4. The van der Waals surface area contributed by atoms with Crippen LogP contribution in [0.25, 0.3) is 0 Å². The molecule has 248 valence electrons. The zero-order valence-corrected chi connectivity index (χ0v) is 28.4. The lowest BCUT2D eigenvalue weighted by molar-refractivity contribution is -0.216. The van der Waals surface area contributed by atoms with Crippen molar-refractivity contribution >= 4 is 5.97 Å². The molecule has 0 spiro atoms. The molecule has 10 unspecified atom stereocenters. The first-order chi connectivity index (χ1) is 21.2. The third-order valence-electron chi connectivity index (χ3n) is 14.7. The van der Waals surface area contributed by atoms with E-state index in [1.165, 1.54) is 5.57 Å². The molecule has 0 radical (unpaired) electrons. The lowest BCUT2D eigenvalue weighted by Gasteiger charge is -2.72. The van der Waals surface area contributed by atoms with Crippen LogP contribution in [0.3, 0.4) is 0 Å². The molecule has 6 heteroatoms. The molecule has 1 aromatic carbocycles. The monoisotopic (exact) mass is 620 g/mol. The maximum absolute atomic E-state index is 12.5. The fraction of sp³-hybridized carbons (Fsp3) is 0.718. The van der Waals surface area contributed by atoms with Gasteiger partial charge in [-0.2, -0.15) is 0 Å². The molecule has 45 heavy (non-hydrogen) atoms. The maximum Gasteiger partial charge on any atom is 0.306 e. The highest BCUT2D eigenvalue weighted by molar-refractivity contribution is 5.70. The molecular weight excluding hydrogens is 564 g/mol. The predicted molar refractivity (Wildman–Crippen MR) is 176 cm³/mol. The number of aliphatic carboxylic acids is 1. The van der Waals surface area contributed by atoms with Crippen LogP contribution in [-0.2, 0) is 9.53 Å². The molecular formula is C39H56O6. The maximum atomic E-state index is 12.5. The molecule has 0 aliphatic heterocycles. The Morgan fingerprint density at radius 3 is 2.40 bits per heavy atom. The van der Waals surface area contributed by atoms with Crippen molar-refractivity contribution in [1.82, 2.24) is 0 Å². The van der Waals surface area contributed by atoms with Gasteiger partial charge in [0.15, 0.2) is 0 Å². The van der Waals surface area contributed by atoms with Crippen molar-refractivity contribution in [3.05, 3.63) is 48.3 Å². The van der Waals surface area contributed by atoms with Crippen LogP contribution < -0.4 is 4.74 Å². The van der Waals surface area contributed by atoms with E-state index in [0.717, 1.165) is 57.8 Å². The van der Waals surface area contributed by atoms with Crippen LogP contribution in [0.1, 0.15) is 99.3 Å². The molecule has 0 heterocycles. The molecule has 6 nitrogen and oxygen atoms in total. The standard InChI is InChI=1S/C39H56O6/c1-25-28(34(42)43)14-17-36(4)20-21-39(24-44-22-7-23-45-27-10-8-26(40)9-11-27)29(33(25)36)12-13-31-37(5)18-16-32(41)35(2,3)30(37)15-19-38(31,39)6/h7-12,23,25,28,30-33,40-41H,13-22,24H2,1-6H3,(H,42,43). The second kappa shape index (κ2) is 11.4. The van der Waals surface area contributed by atoms with Crippen molar-refractivity contribution in [2.24, 2.45) is 56.7 Å². The Morgan fingerprint density at radius 2 is 1.69 bits per heavy atom. The molecule has 0 amide bonds. The summed E-state index contributed by atoms with van der Waals surface area (Å²) >= 11 is 0. The summed E-state index contributed by atoms with van der Waals surface area (Å²) in [5.74, 6) is 1.19. The number of carboxylic acids is 1. The second-order valence-electron chi connectivity index (χ2n) is 16.9. The highest BCUT2D eigenvalue weighted by Crippen LogP contribution is 2.75. The number of rotatable bonds is 7. The number of hydrogen-bond donors (Lipinski definition) is 3. The fourth-order valence-electron chi connectivity index (χ4n) is 12.1. The number of benzene rings is 1. The van der Waals surface area contributed by atoms with Gasteiger partial charge in [-0.05, 0) is 133 Å². The molecule has 5 aliphatic rings. The van der Waals surface area contributed by atoms with Crippen LogP contribution in [0.15, 0.2) is 48.3 Å². The quantitative estimate of drug-likeness (QED) is 0.161. The largest absolute Gasteiger partial charge is 0.508 e. The first kappa shape index (κ1) is 32.6. The number of allylic oxidation sites excluding steroid dienone is 1. The van der Waals surface area contributed by atoms with Crippen molar-refractivity contribution in [3.63, 3.8) is 0 Å². The Hall–Kier alpha value is -2.31. The van der Waals surface area contributed by atoms with E-state index in [-0.39, 0.29) is 56.7 Å². The van der Waals surface area contributed by atoms with Crippen LogP contribution in [0, 0.1) is 56.7 Å². The van der Waals surface area contributed by atoms with Crippen LogP contribution in [0.4, 0.5) is 0 Å². The number of ether oxygens (including phenoxy) is 2. The normalized spacial score (nSPS) is 43.8. The Labute approximate surface area is 270 Å². The summed E-state index contributed by atoms with van der Waals surface area (Å²) in [6.45, 7) is 15.4. The molecule has 4 fully saturated rings. The molecule has 10 atom stereocenters. The minimum atomic E-state index is -0.646. The number of hydrogen-bond acceptors (Lipinski definition) is 5. The topological polar surface area (TPSA) is 96.2 Å². The summed E-state index contributed by atoms with van der Waals surface area (Å²) in [6.07, 6.45) is 15.0. The van der Waals surface area contributed by atoms with Crippen LogP contribution in [0.5, 0.6) is 11.5 Å². The van der Waals surface area contributed by atoms with Gasteiger partial charge in [0.25, 0.3) is 0 Å². The number of carboxylic acid groups (broad SMARTS) is 1. The molecule has 0 aromatic heterocycles. The molecule has 3 N–H and O–H groups in total. The Balaban J connectivity index is 1.34. The van der Waals surface area contributed by atoms with E-state index in [9.17, 15) is 20.1 Å².